The van der Waals surface area contributed by atoms with Crippen molar-refractivity contribution in [1.29, 1.82) is 0 Å². The van der Waals surface area contributed by atoms with Crippen molar-refractivity contribution in [2.75, 3.05) is 57.7 Å². The van der Waals surface area contributed by atoms with Crippen molar-refractivity contribution in [2.45, 2.75) is 40.0 Å². The van der Waals surface area contributed by atoms with E-state index in [9.17, 15) is 4.79 Å². The molecule has 26 heavy (non-hydrogen) atoms. The lowest BCUT2D eigenvalue weighted by atomic mass is 10.2. The van der Waals surface area contributed by atoms with Gasteiger partial charge in [-0.1, -0.05) is 54.5 Å². The molecule has 0 saturated carbocycles. The maximum absolute atomic E-state index is 11.7. The van der Waals surface area contributed by atoms with Gasteiger partial charge in [-0.05, 0) is 25.3 Å². The molecule has 0 aromatic carbocycles. The summed E-state index contributed by atoms with van der Waals surface area (Å²) in [6.45, 7) is 11.6. The summed E-state index contributed by atoms with van der Waals surface area (Å²) in [5.41, 5.74) is 0. The van der Waals surface area contributed by atoms with E-state index in [2.05, 4.69) is 37.5 Å². The van der Waals surface area contributed by atoms with E-state index in [0.717, 1.165) is 44.2 Å². The summed E-state index contributed by atoms with van der Waals surface area (Å²) in [7, 11) is 3.58. The smallest absolute Gasteiger partial charge is 0.146 e. The van der Waals surface area contributed by atoms with Gasteiger partial charge in [0.1, 0.15) is 11.7 Å². The molecule has 0 saturated heterocycles. The van der Waals surface area contributed by atoms with Gasteiger partial charge >= 0.3 is 0 Å². The minimum Gasteiger partial charge on any atom is -0.376 e. The second-order valence-corrected chi connectivity index (χ2v) is 8.77. The third-order valence-electron chi connectivity index (χ3n) is 3.30. The van der Waals surface area contributed by atoms with E-state index >= 15 is 0 Å². The second-order valence-electron chi connectivity index (χ2n) is 6.24. The molecule has 0 heterocycles. The van der Waals surface area contributed by atoms with Crippen LogP contribution >= 0.6 is 21.6 Å². The van der Waals surface area contributed by atoms with Crippen molar-refractivity contribution in [3.63, 3.8) is 0 Å². The highest BCUT2D eigenvalue weighted by Gasteiger charge is 2.01. The molecule has 0 aliphatic carbocycles. The SMILES string of the molecule is CCNCCSSCOCCCCC(=O)CNCCOC/C=C/C(C)C. The van der Waals surface area contributed by atoms with Crippen LogP contribution in [0.5, 0.6) is 0 Å². The van der Waals surface area contributed by atoms with Crippen molar-refractivity contribution in [2.24, 2.45) is 5.92 Å². The fourth-order valence-electron chi connectivity index (χ4n) is 1.94. The standard InChI is InChI=1S/C19H38N2O3S2/c1-4-20-11-15-25-26-17-24-12-6-5-9-19(22)16-21-10-14-23-13-7-8-18(2)3/h7-8,18,20-21H,4-6,9-17H2,1-3H3/b8-7+. The molecular weight excluding hydrogens is 368 g/mol. The van der Waals surface area contributed by atoms with Gasteiger partial charge in [-0.15, -0.1) is 0 Å². The fourth-order valence-corrected chi connectivity index (χ4v) is 3.55. The summed E-state index contributed by atoms with van der Waals surface area (Å²) in [5.74, 6) is 2.64. The predicted molar refractivity (Wildman–Crippen MR) is 116 cm³/mol. The molecule has 0 aliphatic rings. The number of ether oxygens (including phenoxy) is 2. The highest BCUT2D eigenvalue weighted by Crippen LogP contribution is 2.20. The lowest BCUT2D eigenvalue weighted by molar-refractivity contribution is -0.118. The van der Waals surface area contributed by atoms with Crippen LogP contribution in [-0.4, -0.2) is 63.5 Å². The van der Waals surface area contributed by atoms with Crippen LogP contribution in [0, 0.1) is 5.92 Å². The van der Waals surface area contributed by atoms with Crippen LogP contribution in [0.4, 0.5) is 0 Å². The van der Waals surface area contributed by atoms with Crippen molar-refractivity contribution >= 4 is 27.4 Å². The topological polar surface area (TPSA) is 59.6 Å². The number of unbranched alkanes of at least 4 members (excludes halogenated alkanes) is 1. The Labute approximate surface area is 168 Å². The number of allylic oxidation sites excluding steroid dienone is 1. The van der Waals surface area contributed by atoms with Crippen molar-refractivity contribution in [3.8, 4) is 0 Å². The summed E-state index contributed by atoms with van der Waals surface area (Å²) in [6.07, 6.45) is 6.63. The normalized spacial score (nSPS) is 11.7. The highest BCUT2D eigenvalue weighted by molar-refractivity contribution is 8.76. The lowest BCUT2D eigenvalue weighted by Gasteiger charge is -2.06. The molecule has 0 fully saturated rings. The zero-order chi connectivity index (χ0) is 19.3. The minimum absolute atomic E-state index is 0.262. The van der Waals surface area contributed by atoms with Crippen LogP contribution in [0.25, 0.3) is 0 Å². The first-order valence-electron chi connectivity index (χ1n) is 9.66. The van der Waals surface area contributed by atoms with E-state index in [4.69, 9.17) is 9.47 Å². The number of nitrogens with one attached hydrogen (secondary N) is 2. The Morgan fingerprint density at radius 1 is 1.08 bits per heavy atom. The minimum atomic E-state index is 0.262. The molecule has 0 amide bonds. The van der Waals surface area contributed by atoms with Gasteiger partial charge in [0.2, 0.25) is 0 Å². The molecule has 0 unspecified atom stereocenters. The van der Waals surface area contributed by atoms with E-state index in [0.29, 0.717) is 38.6 Å². The van der Waals surface area contributed by atoms with Gasteiger partial charge in [-0.2, -0.15) is 0 Å². The highest BCUT2D eigenvalue weighted by atomic mass is 33.1. The van der Waals surface area contributed by atoms with E-state index in [1.807, 2.05) is 16.9 Å². The van der Waals surface area contributed by atoms with Crippen LogP contribution in [0.1, 0.15) is 40.0 Å². The number of rotatable bonds is 20. The molecule has 5 nitrogen and oxygen atoms in total. The van der Waals surface area contributed by atoms with E-state index < -0.39 is 0 Å². The first-order chi connectivity index (χ1) is 12.7. The summed E-state index contributed by atoms with van der Waals surface area (Å²) in [6, 6.07) is 0. The maximum Gasteiger partial charge on any atom is 0.146 e. The Balaban J connectivity index is 3.20. The number of ketones is 1. The maximum atomic E-state index is 11.7. The third-order valence-corrected chi connectivity index (χ3v) is 5.39. The molecule has 0 aromatic heterocycles. The largest absolute Gasteiger partial charge is 0.376 e. The van der Waals surface area contributed by atoms with Crippen LogP contribution in [0.15, 0.2) is 12.2 Å². The van der Waals surface area contributed by atoms with Gasteiger partial charge in [-0.25, -0.2) is 0 Å². The number of hydrogen-bond donors (Lipinski definition) is 2. The molecule has 0 radical (unpaired) electrons. The Morgan fingerprint density at radius 3 is 2.69 bits per heavy atom. The second kappa shape index (κ2) is 21.3. The van der Waals surface area contributed by atoms with Gasteiger partial charge in [-0.3, -0.25) is 4.79 Å². The number of hydrogen-bond acceptors (Lipinski definition) is 7. The van der Waals surface area contributed by atoms with Crippen LogP contribution in [0.3, 0.4) is 0 Å². The van der Waals surface area contributed by atoms with Crippen LogP contribution in [-0.2, 0) is 14.3 Å². The van der Waals surface area contributed by atoms with Gasteiger partial charge < -0.3 is 20.1 Å². The van der Waals surface area contributed by atoms with Gasteiger partial charge in [0, 0.05) is 31.9 Å². The Bertz CT molecular complexity index is 343. The summed E-state index contributed by atoms with van der Waals surface area (Å²) in [5, 5.41) is 6.42. The molecule has 0 rings (SSSR count). The average Bonchev–Trinajstić information content (AvgIpc) is 2.61. The monoisotopic (exact) mass is 406 g/mol. The van der Waals surface area contributed by atoms with Gasteiger partial charge in [0.15, 0.2) is 0 Å². The molecule has 154 valence electrons. The van der Waals surface area contributed by atoms with E-state index in [1.165, 1.54) is 0 Å². The summed E-state index contributed by atoms with van der Waals surface area (Å²) >= 11 is 0. The molecule has 0 atom stereocenters. The summed E-state index contributed by atoms with van der Waals surface area (Å²) in [4.78, 5) is 11.7. The van der Waals surface area contributed by atoms with E-state index in [-0.39, 0.29) is 5.78 Å². The summed E-state index contributed by atoms with van der Waals surface area (Å²) < 4.78 is 11.0. The number of Topliss-reactive ketones (excluding diaryl/α,β-unsaturated/α-hetero) is 1. The average molecular weight is 407 g/mol. The molecule has 0 bridgehead atoms. The zero-order valence-corrected chi connectivity index (χ0v) is 18.4. The third kappa shape index (κ3) is 22.0. The molecule has 0 aromatic rings. The molecular formula is C19H38N2O3S2. The Morgan fingerprint density at radius 2 is 1.92 bits per heavy atom. The zero-order valence-electron chi connectivity index (χ0n) is 16.8. The predicted octanol–water partition coefficient (Wildman–Crippen LogP) is 3.51. The van der Waals surface area contributed by atoms with Gasteiger partial charge in [0.05, 0.1) is 19.8 Å². The quantitative estimate of drug-likeness (QED) is 0.139. The molecule has 7 heteroatoms. The number of carbonyl (C=O) groups excluding carboxylic acids is 1. The molecule has 0 aliphatic heterocycles. The van der Waals surface area contributed by atoms with Crippen LogP contribution < -0.4 is 10.6 Å². The molecule has 0 spiro atoms. The first-order valence-corrected chi connectivity index (χ1v) is 12.1. The lowest BCUT2D eigenvalue weighted by Crippen LogP contribution is -2.26. The fraction of sp³-hybridized carbons (Fsp3) is 0.842. The molecule has 2 N–H and O–H groups in total. The van der Waals surface area contributed by atoms with Crippen LogP contribution in [0.2, 0.25) is 0 Å². The Kier molecular flexibility index (Phi) is 21.2. The Hall–Kier alpha value is -0.0500. The number of carbonyl (C=O) groups is 1. The van der Waals surface area contributed by atoms with E-state index in [1.54, 1.807) is 10.8 Å². The first kappa shape index (κ1) is 26.0. The van der Waals surface area contributed by atoms with Crippen molar-refractivity contribution in [1.82, 2.24) is 10.6 Å². The van der Waals surface area contributed by atoms with Gasteiger partial charge in [0.25, 0.3) is 0 Å². The van der Waals surface area contributed by atoms with Crippen molar-refractivity contribution < 1.29 is 14.3 Å². The van der Waals surface area contributed by atoms with Crippen molar-refractivity contribution in [3.05, 3.63) is 12.2 Å².